The van der Waals surface area contributed by atoms with E-state index in [0.29, 0.717) is 0 Å². The van der Waals surface area contributed by atoms with E-state index < -0.39 is 0 Å². The van der Waals surface area contributed by atoms with E-state index in [1.165, 1.54) is 16.0 Å². The number of hydrogen-bond acceptors (Lipinski definition) is 2. The van der Waals surface area contributed by atoms with Gasteiger partial charge in [0, 0.05) is 15.8 Å². The lowest BCUT2D eigenvalue weighted by Gasteiger charge is -2.10. The van der Waals surface area contributed by atoms with Crippen molar-refractivity contribution in [3.8, 4) is 0 Å². The lowest BCUT2D eigenvalue weighted by molar-refractivity contribution is 0.738. The van der Waals surface area contributed by atoms with Gasteiger partial charge in [-0.2, -0.15) is 0 Å². The zero-order valence-electron chi connectivity index (χ0n) is 11.2. The molecule has 1 unspecified atom stereocenters. The molecule has 0 aliphatic rings. The molecule has 2 N–H and O–H groups in total. The standard InChI is InChI=1S/C16H18ClNS/c1-11-5-3-4-6-15(11)19-16-8-7-13(9-12(2)18)10-14(16)17/h3-8,10,12H,9,18H2,1-2H3. The van der Waals surface area contributed by atoms with Gasteiger partial charge in [-0.1, -0.05) is 47.6 Å². The molecule has 19 heavy (non-hydrogen) atoms. The summed E-state index contributed by atoms with van der Waals surface area (Å²) in [5.74, 6) is 0. The van der Waals surface area contributed by atoms with Gasteiger partial charge in [-0.05, 0) is 49.6 Å². The molecule has 1 nitrogen and oxygen atoms in total. The Morgan fingerprint density at radius 3 is 2.53 bits per heavy atom. The fourth-order valence-electron chi connectivity index (χ4n) is 1.92. The topological polar surface area (TPSA) is 26.0 Å². The van der Waals surface area contributed by atoms with E-state index in [-0.39, 0.29) is 6.04 Å². The summed E-state index contributed by atoms with van der Waals surface area (Å²) in [6.45, 7) is 4.12. The highest BCUT2D eigenvalue weighted by atomic mass is 35.5. The van der Waals surface area contributed by atoms with E-state index in [2.05, 4.69) is 31.2 Å². The summed E-state index contributed by atoms with van der Waals surface area (Å²) >= 11 is 8.06. The van der Waals surface area contributed by atoms with Crippen LogP contribution in [0.15, 0.2) is 52.3 Å². The highest BCUT2D eigenvalue weighted by molar-refractivity contribution is 7.99. The van der Waals surface area contributed by atoms with Gasteiger partial charge in [0.25, 0.3) is 0 Å². The number of aryl methyl sites for hydroxylation is 1. The van der Waals surface area contributed by atoms with Gasteiger partial charge in [0.05, 0.1) is 5.02 Å². The van der Waals surface area contributed by atoms with Crippen LogP contribution in [0, 0.1) is 6.92 Å². The fourth-order valence-corrected chi connectivity index (χ4v) is 3.14. The summed E-state index contributed by atoms with van der Waals surface area (Å²) in [7, 11) is 0. The molecule has 0 bridgehead atoms. The lowest BCUT2D eigenvalue weighted by Crippen LogP contribution is -2.17. The molecule has 0 radical (unpaired) electrons. The summed E-state index contributed by atoms with van der Waals surface area (Å²) in [5.41, 5.74) is 8.26. The van der Waals surface area contributed by atoms with Crippen LogP contribution in [0.5, 0.6) is 0 Å². The number of halogens is 1. The summed E-state index contributed by atoms with van der Waals surface area (Å²) in [5, 5.41) is 0.798. The van der Waals surface area contributed by atoms with E-state index in [0.717, 1.165) is 16.3 Å². The Balaban J connectivity index is 2.20. The maximum absolute atomic E-state index is 6.35. The van der Waals surface area contributed by atoms with Gasteiger partial charge < -0.3 is 5.73 Å². The summed E-state index contributed by atoms with van der Waals surface area (Å²) in [6.07, 6.45) is 0.856. The molecule has 0 aliphatic heterocycles. The molecule has 0 aliphatic carbocycles. The molecule has 2 aromatic rings. The fraction of sp³-hybridized carbons (Fsp3) is 0.250. The molecular formula is C16H18ClNS. The van der Waals surface area contributed by atoms with Crippen molar-refractivity contribution in [2.75, 3.05) is 0 Å². The molecule has 0 aromatic heterocycles. The van der Waals surface area contributed by atoms with Gasteiger partial charge in [-0.15, -0.1) is 0 Å². The third-order valence-electron chi connectivity index (χ3n) is 2.87. The van der Waals surface area contributed by atoms with Crippen molar-refractivity contribution in [1.29, 1.82) is 0 Å². The number of nitrogens with two attached hydrogens (primary N) is 1. The second-order valence-electron chi connectivity index (χ2n) is 4.81. The van der Waals surface area contributed by atoms with E-state index in [1.807, 2.05) is 25.1 Å². The minimum absolute atomic E-state index is 0.158. The molecule has 100 valence electrons. The van der Waals surface area contributed by atoms with Crippen LogP contribution in [0.1, 0.15) is 18.1 Å². The van der Waals surface area contributed by atoms with E-state index in [1.54, 1.807) is 11.8 Å². The Morgan fingerprint density at radius 2 is 1.89 bits per heavy atom. The van der Waals surface area contributed by atoms with Crippen molar-refractivity contribution in [1.82, 2.24) is 0 Å². The molecule has 0 saturated heterocycles. The van der Waals surface area contributed by atoms with E-state index in [4.69, 9.17) is 17.3 Å². The smallest absolute Gasteiger partial charge is 0.0548 e. The monoisotopic (exact) mass is 291 g/mol. The van der Waals surface area contributed by atoms with E-state index in [9.17, 15) is 0 Å². The first-order valence-electron chi connectivity index (χ1n) is 6.34. The van der Waals surface area contributed by atoms with Crippen molar-refractivity contribution in [3.63, 3.8) is 0 Å². The molecule has 1 atom stereocenters. The molecule has 0 saturated carbocycles. The van der Waals surface area contributed by atoms with Crippen LogP contribution in [0.25, 0.3) is 0 Å². The predicted molar refractivity (Wildman–Crippen MR) is 84.1 cm³/mol. The second-order valence-corrected chi connectivity index (χ2v) is 6.30. The molecule has 0 amide bonds. The van der Waals surface area contributed by atoms with Gasteiger partial charge >= 0.3 is 0 Å². The van der Waals surface area contributed by atoms with Gasteiger partial charge in [0.15, 0.2) is 0 Å². The minimum Gasteiger partial charge on any atom is -0.328 e. The first-order chi connectivity index (χ1) is 9.06. The molecule has 0 heterocycles. The Morgan fingerprint density at radius 1 is 1.16 bits per heavy atom. The zero-order chi connectivity index (χ0) is 13.8. The SMILES string of the molecule is Cc1ccccc1Sc1ccc(CC(C)N)cc1Cl. The normalized spacial score (nSPS) is 12.4. The Kier molecular flexibility index (Phi) is 4.92. The average molecular weight is 292 g/mol. The number of hydrogen-bond donors (Lipinski definition) is 1. The van der Waals surface area contributed by atoms with Crippen molar-refractivity contribution in [3.05, 3.63) is 58.6 Å². The van der Waals surface area contributed by atoms with Crippen LogP contribution >= 0.6 is 23.4 Å². The van der Waals surface area contributed by atoms with Crippen molar-refractivity contribution < 1.29 is 0 Å². The third kappa shape index (κ3) is 4.00. The van der Waals surface area contributed by atoms with E-state index >= 15 is 0 Å². The van der Waals surface area contributed by atoms with Crippen molar-refractivity contribution >= 4 is 23.4 Å². The summed E-state index contributed by atoms with van der Waals surface area (Å²) in [6, 6.07) is 14.7. The quantitative estimate of drug-likeness (QED) is 0.884. The lowest BCUT2D eigenvalue weighted by atomic mass is 10.1. The van der Waals surface area contributed by atoms with Crippen LogP contribution in [-0.4, -0.2) is 6.04 Å². The maximum Gasteiger partial charge on any atom is 0.0548 e. The largest absolute Gasteiger partial charge is 0.328 e. The molecule has 0 fully saturated rings. The van der Waals surface area contributed by atoms with Gasteiger partial charge in [0.1, 0.15) is 0 Å². The van der Waals surface area contributed by atoms with Gasteiger partial charge in [-0.25, -0.2) is 0 Å². The van der Waals surface area contributed by atoms with Gasteiger partial charge in [-0.3, -0.25) is 0 Å². The van der Waals surface area contributed by atoms with Crippen LogP contribution in [0.4, 0.5) is 0 Å². The number of rotatable bonds is 4. The Labute approximate surface area is 124 Å². The summed E-state index contributed by atoms with van der Waals surface area (Å²) in [4.78, 5) is 2.33. The Hall–Kier alpha value is -0.960. The third-order valence-corrected chi connectivity index (χ3v) is 4.55. The second kappa shape index (κ2) is 6.47. The Bertz CT molecular complexity index is 566. The first-order valence-corrected chi connectivity index (χ1v) is 7.53. The number of benzene rings is 2. The summed E-state index contributed by atoms with van der Waals surface area (Å²) < 4.78 is 0. The maximum atomic E-state index is 6.35. The van der Waals surface area contributed by atoms with Crippen LogP contribution in [0.3, 0.4) is 0 Å². The van der Waals surface area contributed by atoms with Crippen LogP contribution < -0.4 is 5.73 Å². The minimum atomic E-state index is 0.158. The van der Waals surface area contributed by atoms with Crippen molar-refractivity contribution in [2.45, 2.75) is 36.1 Å². The highest BCUT2D eigenvalue weighted by Crippen LogP contribution is 2.35. The predicted octanol–water partition coefficient (Wildman–Crippen LogP) is 4.69. The van der Waals surface area contributed by atoms with Gasteiger partial charge in [0.2, 0.25) is 0 Å². The van der Waals surface area contributed by atoms with Crippen LogP contribution in [0.2, 0.25) is 5.02 Å². The average Bonchev–Trinajstić information content (AvgIpc) is 2.34. The molecule has 2 aromatic carbocycles. The molecule has 3 heteroatoms. The van der Waals surface area contributed by atoms with Crippen molar-refractivity contribution in [2.24, 2.45) is 5.73 Å². The van der Waals surface area contributed by atoms with Crippen LogP contribution in [-0.2, 0) is 6.42 Å². The zero-order valence-corrected chi connectivity index (χ0v) is 12.8. The molecular weight excluding hydrogens is 274 g/mol. The molecule has 2 rings (SSSR count). The molecule has 0 spiro atoms. The highest BCUT2D eigenvalue weighted by Gasteiger charge is 2.07. The first kappa shape index (κ1) is 14.4.